The van der Waals surface area contributed by atoms with E-state index in [4.69, 9.17) is 9.84 Å². The van der Waals surface area contributed by atoms with Crippen molar-refractivity contribution in [1.82, 2.24) is 24.1 Å². The summed E-state index contributed by atoms with van der Waals surface area (Å²) in [5.41, 5.74) is 1.59. The molecule has 0 bridgehead atoms. The van der Waals surface area contributed by atoms with Crippen molar-refractivity contribution in [3.63, 3.8) is 0 Å². The first-order chi connectivity index (χ1) is 15.8. The summed E-state index contributed by atoms with van der Waals surface area (Å²) in [7, 11) is -2.12. The van der Waals surface area contributed by atoms with Gasteiger partial charge >= 0.3 is 0 Å². The van der Waals surface area contributed by atoms with Crippen LogP contribution in [0.5, 0.6) is 5.75 Å². The second kappa shape index (κ2) is 10.4. The summed E-state index contributed by atoms with van der Waals surface area (Å²) in [5.74, 6) is 0.634. The zero-order valence-electron chi connectivity index (χ0n) is 19.5. The van der Waals surface area contributed by atoms with E-state index in [0.29, 0.717) is 47.5 Å². The van der Waals surface area contributed by atoms with Crippen molar-refractivity contribution < 1.29 is 18.3 Å². The number of aliphatic hydroxyl groups is 1. The van der Waals surface area contributed by atoms with Gasteiger partial charge in [0.2, 0.25) is 10.0 Å². The molecule has 0 saturated carbocycles. The first-order valence-electron chi connectivity index (χ1n) is 11.1. The lowest BCUT2D eigenvalue weighted by molar-refractivity contribution is 0.271. The predicted molar refractivity (Wildman–Crippen MR) is 126 cm³/mol. The molecule has 2 N–H and O–H groups in total. The van der Waals surface area contributed by atoms with Gasteiger partial charge in [-0.25, -0.2) is 13.4 Å². The van der Waals surface area contributed by atoms with Gasteiger partial charge in [0.1, 0.15) is 17.1 Å². The Morgan fingerprint density at radius 3 is 2.64 bits per heavy atom. The molecule has 0 amide bonds. The highest BCUT2D eigenvalue weighted by molar-refractivity contribution is 7.89. The average molecular weight is 478 g/mol. The number of sulfonamides is 1. The van der Waals surface area contributed by atoms with E-state index in [-0.39, 0.29) is 36.0 Å². The largest absolute Gasteiger partial charge is 0.493 e. The highest BCUT2D eigenvalue weighted by atomic mass is 32.2. The number of aryl methyl sites for hydroxylation is 2. The molecule has 0 saturated heterocycles. The summed E-state index contributed by atoms with van der Waals surface area (Å²) in [6.07, 6.45) is 1.84. The van der Waals surface area contributed by atoms with Crippen LogP contribution < -0.4 is 10.3 Å². The molecule has 11 heteroatoms. The molecule has 180 valence electrons. The Morgan fingerprint density at radius 1 is 1.24 bits per heavy atom. The molecule has 3 aromatic rings. The molecular formula is C22H31N5O5S. The maximum atomic E-state index is 13.2. The van der Waals surface area contributed by atoms with Crippen LogP contribution in [0.2, 0.25) is 0 Å². The number of aromatic amines is 1. The minimum atomic E-state index is -3.82. The highest BCUT2D eigenvalue weighted by Crippen LogP contribution is 2.32. The summed E-state index contributed by atoms with van der Waals surface area (Å²) in [6.45, 7) is 6.31. The van der Waals surface area contributed by atoms with E-state index in [1.54, 1.807) is 20.0 Å². The van der Waals surface area contributed by atoms with E-state index in [1.165, 1.54) is 21.1 Å². The maximum Gasteiger partial charge on any atom is 0.277 e. The van der Waals surface area contributed by atoms with Crippen LogP contribution in [0, 0.1) is 0 Å². The molecule has 0 spiro atoms. The summed E-state index contributed by atoms with van der Waals surface area (Å²) in [4.78, 5) is 20.4. The fourth-order valence-electron chi connectivity index (χ4n) is 3.76. The molecule has 0 radical (unpaired) electrons. The number of fused-ring (bicyclic) bond motifs is 1. The van der Waals surface area contributed by atoms with Crippen molar-refractivity contribution in [3.05, 3.63) is 34.2 Å². The Balaban J connectivity index is 2.20. The Hall–Kier alpha value is -2.76. The molecule has 2 aromatic heterocycles. The first-order valence-corrected chi connectivity index (χ1v) is 12.6. The Labute approximate surface area is 193 Å². The number of hydrogen-bond acceptors (Lipinski definition) is 7. The second-order valence-corrected chi connectivity index (χ2v) is 9.53. The number of rotatable bonds is 11. The zero-order chi connectivity index (χ0) is 24.2. The Kier molecular flexibility index (Phi) is 7.88. The first kappa shape index (κ1) is 24.9. The molecule has 10 nitrogen and oxygen atoms in total. The van der Waals surface area contributed by atoms with E-state index in [9.17, 15) is 13.2 Å². The number of nitrogens with zero attached hydrogens (tertiary/aromatic N) is 4. The number of nitrogens with one attached hydrogen (secondary N) is 1. The van der Waals surface area contributed by atoms with Gasteiger partial charge in [0, 0.05) is 26.7 Å². The number of H-pyrrole nitrogens is 1. The van der Waals surface area contributed by atoms with E-state index < -0.39 is 10.0 Å². The Bertz CT molecular complexity index is 1280. The van der Waals surface area contributed by atoms with Gasteiger partial charge in [-0.3, -0.25) is 9.48 Å². The van der Waals surface area contributed by atoms with Gasteiger partial charge in [-0.15, -0.1) is 0 Å². The summed E-state index contributed by atoms with van der Waals surface area (Å²) in [6, 6.07) is 4.53. The van der Waals surface area contributed by atoms with Crippen LogP contribution >= 0.6 is 0 Å². The normalized spacial score (nSPS) is 12.1. The molecule has 0 atom stereocenters. The van der Waals surface area contributed by atoms with Gasteiger partial charge in [-0.2, -0.15) is 9.40 Å². The number of aromatic nitrogens is 4. The number of hydrogen-bond donors (Lipinski definition) is 2. The molecule has 0 unspecified atom stereocenters. The molecule has 0 fully saturated rings. The third kappa shape index (κ3) is 4.94. The molecule has 1 aromatic carbocycles. The van der Waals surface area contributed by atoms with Gasteiger partial charge in [-0.05, 0) is 38.0 Å². The maximum absolute atomic E-state index is 13.2. The van der Waals surface area contributed by atoms with Gasteiger partial charge in [0.15, 0.2) is 5.52 Å². The lowest BCUT2D eigenvalue weighted by Gasteiger charge is -2.21. The van der Waals surface area contributed by atoms with Crippen LogP contribution in [0.3, 0.4) is 0 Å². The smallest absolute Gasteiger partial charge is 0.277 e. The van der Waals surface area contributed by atoms with Crippen molar-refractivity contribution in [2.45, 2.75) is 44.9 Å². The Morgan fingerprint density at radius 2 is 2.00 bits per heavy atom. The molecule has 0 aliphatic heterocycles. The van der Waals surface area contributed by atoms with Crippen molar-refractivity contribution in [3.8, 4) is 17.1 Å². The lowest BCUT2D eigenvalue weighted by Crippen LogP contribution is -2.32. The monoisotopic (exact) mass is 477 g/mol. The number of aliphatic hydroxyl groups excluding tert-OH is 1. The SMILES string of the molecule is CCCc1nn(C)c2c(=O)[nH]c(-c3cc(S(=O)(=O)N(CC)CCCO)ccc3OCC)nc12. The van der Waals surface area contributed by atoms with Crippen molar-refractivity contribution in [2.24, 2.45) is 7.05 Å². The van der Waals surface area contributed by atoms with Crippen molar-refractivity contribution in [2.75, 3.05) is 26.3 Å². The van der Waals surface area contributed by atoms with Crippen LogP contribution in [-0.4, -0.2) is 63.9 Å². The zero-order valence-corrected chi connectivity index (χ0v) is 20.3. The third-order valence-electron chi connectivity index (χ3n) is 5.31. The van der Waals surface area contributed by atoms with Crippen LogP contribution in [0.4, 0.5) is 0 Å². The summed E-state index contributed by atoms with van der Waals surface area (Å²) >= 11 is 0. The van der Waals surface area contributed by atoms with Gasteiger partial charge in [0.05, 0.1) is 22.8 Å². The van der Waals surface area contributed by atoms with Crippen LogP contribution in [0.15, 0.2) is 27.9 Å². The number of ether oxygens (including phenoxy) is 1. The van der Waals surface area contributed by atoms with E-state index in [0.717, 1.165) is 6.42 Å². The second-order valence-electron chi connectivity index (χ2n) is 7.60. The van der Waals surface area contributed by atoms with E-state index in [1.807, 2.05) is 13.8 Å². The van der Waals surface area contributed by atoms with E-state index in [2.05, 4.69) is 15.1 Å². The standard InChI is InChI=1S/C22H31N5O5S/c1-5-9-17-19-20(26(4)25-17)22(29)24-21(23-19)16-14-15(10-11-18(16)32-7-3)33(30,31)27(6-2)12-8-13-28/h10-11,14,28H,5-9,12-13H2,1-4H3,(H,23,24,29). The van der Waals surface area contributed by atoms with Gasteiger partial charge in [-0.1, -0.05) is 20.3 Å². The van der Waals surface area contributed by atoms with Gasteiger partial charge < -0.3 is 14.8 Å². The average Bonchev–Trinajstić information content (AvgIpc) is 3.10. The number of benzene rings is 1. The minimum absolute atomic E-state index is 0.0588. The van der Waals surface area contributed by atoms with Crippen molar-refractivity contribution >= 4 is 21.1 Å². The van der Waals surface area contributed by atoms with E-state index >= 15 is 0 Å². The quantitative estimate of drug-likeness (QED) is 0.432. The van der Waals surface area contributed by atoms with Crippen LogP contribution in [0.1, 0.15) is 39.3 Å². The third-order valence-corrected chi connectivity index (χ3v) is 7.28. The molecule has 0 aliphatic carbocycles. The summed E-state index contributed by atoms with van der Waals surface area (Å²) < 4.78 is 35.0. The highest BCUT2D eigenvalue weighted by Gasteiger charge is 2.25. The fourth-order valence-corrected chi connectivity index (χ4v) is 5.27. The van der Waals surface area contributed by atoms with Gasteiger partial charge in [0.25, 0.3) is 5.56 Å². The minimum Gasteiger partial charge on any atom is -0.493 e. The van der Waals surface area contributed by atoms with Crippen LogP contribution in [0.25, 0.3) is 22.4 Å². The molecule has 3 rings (SSSR count). The predicted octanol–water partition coefficient (Wildman–Crippen LogP) is 2.07. The van der Waals surface area contributed by atoms with Crippen LogP contribution in [-0.2, 0) is 23.5 Å². The summed E-state index contributed by atoms with van der Waals surface area (Å²) in [5, 5.41) is 13.6. The van der Waals surface area contributed by atoms with Crippen molar-refractivity contribution in [1.29, 1.82) is 0 Å². The molecule has 0 aliphatic rings. The molecular weight excluding hydrogens is 446 g/mol. The topological polar surface area (TPSA) is 130 Å². The fraction of sp³-hybridized carbons (Fsp3) is 0.500. The lowest BCUT2D eigenvalue weighted by atomic mass is 10.1. The molecule has 2 heterocycles. The molecule has 33 heavy (non-hydrogen) atoms.